The Balaban J connectivity index is 0.00000196. The maximum Gasteiger partial charge on any atom is 0.0991 e. The number of nitrogens with two attached hydrogens (primary N) is 1. The molecule has 0 fully saturated rings. The third kappa shape index (κ3) is 3.54. The molecule has 1 aromatic carbocycles. The van der Waals surface area contributed by atoms with E-state index in [-0.39, 0.29) is 18.4 Å². The largest absolute Gasteiger partial charge is 0.324 e. The maximum absolute atomic E-state index is 8.75. The molecule has 2 atom stereocenters. The lowest BCUT2D eigenvalue weighted by molar-refractivity contribution is 0.457. The summed E-state index contributed by atoms with van der Waals surface area (Å²) < 4.78 is 0. The normalized spacial score (nSPS) is 13.5. The van der Waals surface area contributed by atoms with E-state index in [0.29, 0.717) is 11.5 Å². The van der Waals surface area contributed by atoms with Crippen LogP contribution >= 0.6 is 12.4 Å². The predicted octanol–water partition coefficient (Wildman–Crippen LogP) is 3.03. The number of benzene rings is 1. The molecule has 0 spiro atoms. The summed E-state index contributed by atoms with van der Waals surface area (Å²) in [6.07, 6.45) is 1.05. The third-order valence-corrected chi connectivity index (χ3v) is 2.66. The Hall–Kier alpha value is -1.04. The lowest BCUT2D eigenvalue weighted by Crippen LogP contribution is -2.18. The van der Waals surface area contributed by atoms with Gasteiger partial charge < -0.3 is 5.73 Å². The first-order chi connectivity index (χ1) is 6.69. The van der Waals surface area contributed by atoms with Gasteiger partial charge in [0.05, 0.1) is 11.6 Å². The van der Waals surface area contributed by atoms with E-state index < -0.39 is 0 Å². The Morgan fingerprint density at radius 1 is 1.47 bits per heavy atom. The molecule has 15 heavy (non-hydrogen) atoms. The van der Waals surface area contributed by atoms with Crippen molar-refractivity contribution in [2.24, 2.45) is 11.7 Å². The van der Waals surface area contributed by atoms with Crippen LogP contribution in [0.3, 0.4) is 0 Å². The third-order valence-electron chi connectivity index (χ3n) is 2.66. The van der Waals surface area contributed by atoms with Gasteiger partial charge in [0.1, 0.15) is 0 Å². The topological polar surface area (TPSA) is 49.8 Å². The van der Waals surface area contributed by atoms with Crippen molar-refractivity contribution in [2.45, 2.75) is 26.3 Å². The van der Waals surface area contributed by atoms with Gasteiger partial charge in [0.2, 0.25) is 0 Å². The van der Waals surface area contributed by atoms with Crippen molar-refractivity contribution in [1.29, 1.82) is 5.26 Å². The molecular formula is C12H17ClN2. The average Bonchev–Trinajstić information content (AvgIpc) is 2.27. The van der Waals surface area contributed by atoms with E-state index >= 15 is 0 Å². The number of nitrogens with zero attached hydrogens (tertiary/aromatic N) is 1. The zero-order chi connectivity index (χ0) is 10.6. The lowest BCUT2D eigenvalue weighted by atomic mass is 9.92. The van der Waals surface area contributed by atoms with E-state index in [1.54, 1.807) is 6.07 Å². The molecule has 0 aliphatic carbocycles. The minimum atomic E-state index is 0. The molecule has 3 heteroatoms. The molecule has 0 aliphatic rings. The molecule has 2 nitrogen and oxygen atoms in total. The summed E-state index contributed by atoms with van der Waals surface area (Å²) in [5, 5.41) is 8.75. The van der Waals surface area contributed by atoms with Gasteiger partial charge in [0.25, 0.3) is 0 Å². The van der Waals surface area contributed by atoms with Crippen LogP contribution in [0.5, 0.6) is 0 Å². The van der Waals surface area contributed by atoms with Gasteiger partial charge in [-0.15, -0.1) is 12.4 Å². The number of hydrogen-bond acceptors (Lipinski definition) is 2. The van der Waals surface area contributed by atoms with E-state index in [2.05, 4.69) is 19.9 Å². The summed E-state index contributed by atoms with van der Waals surface area (Å²) in [5.74, 6) is 0.448. The van der Waals surface area contributed by atoms with Gasteiger partial charge in [-0.25, -0.2) is 0 Å². The minimum Gasteiger partial charge on any atom is -0.324 e. The molecule has 2 N–H and O–H groups in total. The average molecular weight is 225 g/mol. The molecule has 0 heterocycles. The Morgan fingerprint density at radius 2 is 2.13 bits per heavy atom. The highest BCUT2D eigenvalue weighted by Gasteiger charge is 2.12. The number of rotatable bonds is 3. The highest BCUT2D eigenvalue weighted by Crippen LogP contribution is 2.22. The first-order valence-electron chi connectivity index (χ1n) is 4.94. The van der Waals surface area contributed by atoms with Crippen LogP contribution in [0.4, 0.5) is 0 Å². The molecule has 0 radical (unpaired) electrons. The van der Waals surface area contributed by atoms with E-state index in [1.807, 2.05) is 18.2 Å². The van der Waals surface area contributed by atoms with Crippen molar-refractivity contribution in [3.63, 3.8) is 0 Å². The molecule has 0 saturated carbocycles. The molecule has 0 saturated heterocycles. The van der Waals surface area contributed by atoms with Crippen molar-refractivity contribution in [3.8, 4) is 6.07 Å². The zero-order valence-corrected chi connectivity index (χ0v) is 9.92. The van der Waals surface area contributed by atoms with E-state index in [1.165, 1.54) is 0 Å². The molecule has 82 valence electrons. The van der Waals surface area contributed by atoms with Gasteiger partial charge in [-0.05, 0) is 23.6 Å². The summed E-state index contributed by atoms with van der Waals surface area (Å²) in [5.41, 5.74) is 7.80. The zero-order valence-electron chi connectivity index (χ0n) is 9.10. The summed E-state index contributed by atoms with van der Waals surface area (Å²) in [6, 6.07) is 9.70. The first kappa shape index (κ1) is 14.0. The summed E-state index contributed by atoms with van der Waals surface area (Å²) >= 11 is 0. The number of nitriles is 1. The van der Waals surface area contributed by atoms with Crippen LogP contribution < -0.4 is 5.73 Å². The Bertz CT molecular complexity index is 344. The van der Waals surface area contributed by atoms with Crippen molar-refractivity contribution in [1.82, 2.24) is 0 Å². The van der Waals surface area contributed by atoms with Crippen LogP contribution in [-0.2, 0) is 0 Å². The molecule has 1 unspecified atom stereocenters. The lowest BCUT2D eigenvalue weighted by Gasteiger charge is -2.18. The van der Waals surface area contributed by atoms with Crippen LogP contribution in [0.25, 0.3) is 0 Å². The Labute approximate surface area is 97.5 Å². The first-order valence-corrected chi connectivity index (χ1v) is 4.94. The highest BCUT2D eigenvalue weighted by atomic mass is 35.5. The second kappa shape index (κ2) is 6.44. The molecule has 0 aliphatic heterocycles. The van der Waals surface area contributed by atoms with Crippen molar-refractivity contribution in [3.05, 3.63) is 35.4 Å². The van der Waals surface area contributed by atoms with Gasteiger partial charge in [-0.2, -0.15) is 5.26 Å². The molecule has 0 bridgehead atoms. The molecule has 1 rings (SSSR count). The fourth-order valence-electron chi connectivity index (χ4n) is 1.40. The highest BCUT2D eigenvalue weighted by molar-refractivity contribution is 5.85. The summed E-state index contributed by atoms with van der Waals surface area (Å²) in [4.78, 5) is 0. The van der Waals surface area contributed by atoms with Crippen LogP contribution in [0.15, 0.2) is 24.3 Å². The predicted molar refractivity (Wildman–Crippen MR) is 64.8 cm³/mol. The second-order valence-electron chi connectivity index (χ2n) is 3.65. The van der Waals surface area contributed by atoms with Crippen LogP contribution in [-0.4, -0.2) is 0 Å². The fraction of sp³-hybridized carbons (Fsp3) is 0.417. The van der Waals surface area contributed by atoms with Crippen LogP contribution in [0.1, 0.15) is 37.4 Å². The van der Waals surface area contributed by atoms with Gasteiger partial charge >= 0.3 is 0 Å². The van der Waals surface area contributed by atoms with Gasteiger partial charge in [0.15, 0.2) is 0 Å². The van der Waals surface area contributed by atoms with Crippen molar-refractivity contribution < 1.29 is 0 Å². The van der Waals surface area contributed by atoms with E-state index in [0.717, 1.165) is 12.0 Å². The van der Waals surface area contributed by atoms with Gasteiger partial charge in [-0.3, -0.25) is 0 Å². The Kier molecular flexibility index (Phi) is 6.00. The standard InChI is InChI=1S/C12H16N2.ClH/c1-3-9(2)12(14)11-6-4-5-10(7-11)8-13;/h4-7,9,12H,3,14H2,1-2H3;1H/t9?,12-;/m0./s1. The molecule has 1 aromatic rings. The molecular weight excluding hydrogens is 208 g/mol. The smallest absolute Gasteiger partial charge is 0.0991 e. The second-order valence-corrected chi connectivity index (χ2v) is 3.65. The van der Waals surface area contributed by atoms with Gasteiger partial charge in [-0.1, -0.05) is 32.4 Å². The Morgan fingerprint density at radius 3 is 2.67 bits per heavy atom. The van der Waals surface area contributed by atoms with E-state index in [9.17, 15) is 0 Å². The number of hydrogen-bond donors (Lipinski definition) is 1. The molecule has 0 aromatic heterocycles. The summed E-state index contributed by atoms with van der Waals surface area (Å²) in [6.45, 7) is 4.25. The quantitative estimate of drug-likeness (QED) is 0.858. The minimum absolute atomic E-state index is 0. The maximum atomic E-state index is 8.75. The fourth-order valence-corrected chi connectivity index (χ4v) is 1.40. The number of halogens is 1. The monoisotopic (exact) mass is 224 g/mol. The van der Waals surface area contributed by atoms with E-state index in [4.69, 9.17) is 11.0 Å². The molecule has 0 amide bonds. The summed E-state index contributed by atoms with van der Waals surface area (Å²) in [7, 11) is 0. The van der Waals surface area contributed by atoms with Crippen molar-refractivity contribution in [2.75, 3.05) is 0 Å². The van der Waals surface area contributed by atoms with Crippen molar-refractivity contribution >= 4 is 12.4 Å². The van der Waals surface area contributed by atoms with Crippen LogP contribution in [0, 0.1) is 17.2 Å². The van der Waals surface area contributed by atoms with Crippen LogP contribution in [0.2, 0.25) is 0 Å². The van der Waals surface area contributed by atoms with Gasteiger partial charge in [0, 0.05) is 6.04 Å². The SMILES string of the molecule is CCC(C)[C@H](N)c1cccc(C#N)c1.Cl.